The van der Waals surface area contributed by atoms with E-state index in [-0.39, 0.29) is 22.6 Å². The van der Waals surface area contributed by atoms with Gasteiger partial charge in [-0.25, -0.2) is 4.79 Å². The molecule has 3 nitrogen and oxygen atoms in total. The number of benzene rings is 2. The summed E-state index contributed by atoms with van der Waals surface area (Å²) in [6.45, 7) is 0. The fourth-order valence-electron chi connectivity index (χ4n) is 2.19. The minimum absolute atomic E-state index is 0.0954. The Balaban J connectivity index is 2.58. The van der Waals surface area contributed by atoms with Gasteiger partial charge in [0.05, 0.1) is 18.2 Å². The Morgan fingerprint density at radius 3 is 2.48 bits per heavy atom. The molecule has 0 fully saturated rings. The summed E-state index contributed by atoms with van der Waals surface area (Å²) < 4.78 is 44.5. The molecule has 0 aliphatic heterocycles. The molecule has 0 amide bonds. The number of alkyl halides is 3. The van der Waals surface area contributed by atoms with E-state index in [1.807, 2.05) is 0 Å². The van der Waals surface area contributed by atoms with Gasteiger partial charge < -0.3 is 10.5 Å². The summed E-state index contributed by atoms with van der Waals surface area (Å²) in [6.07, 6.45) is -4.76. The van der Waals surface area contributed by atoms with Crippen LogP contribution in [0.1, 0.15) is 27.0 Å². The summed E-state index contributed by atoms with van der Waals surface area (Å²) in [6, 6.07) is 8.49. The van der Waals surface area contributed by atoms with Crippen molar-refractivity contribution in [3.63, 3.8) is 0 Å². The van der Waals surface area contributed by atoms with Crippen LogP contribution in [0.5, 0.6) is 0 Å². The van der Waals surface area contributed by atoms with Crippen LogP contribution in [-0.2, 0) is 17.3 Å². The molecule has 7 heteroatoms. The highest BCUT2D eigenvalue weighted by Gasteiger charge is 2.35. The molecule has 122 valence electrons. The van der Waals surface area contributed by atoms with Gasteiger partial charge in [-0.2, -0.15) is 13.2 Å². The number of rotatable bonds is 3. The minimum atomic E-state index is -4.66. The van der Waals surface area contributed by atoms with Crippen molar-refractivity contribution in [2.24, 2.45) is 0 Å². The molecule has 0 heterocycles. The van der Waals surface area contributed by atoms with Crippen LogP contribution in [0.25, 0.3) is 0 Å². The van der Waals surface area contributed by atoms with Gasteiger partial charge in [0.15, 0.2) is 0 Å². The van der Waals surface area contributed by atoms with E-state index < -0.39 is 17.7 Å². The molecule has 0 atom stereocenters. The van der Waals surface area contributed by atoms with Gasteiger partial charge in [-0.3, -0.25) is 0 Å². The van der Waals surface area contributed by atoms with E-state index in [2.05, 4.69) is 4.74 Å². The monoisotopic (exact) mass is 343 g/mol. The summed E-state index contributed by atoms with van der Waals surface area (Å²) in [5, 5.41) is -0.163. The lowest BCUT2D eigenvalue weighted by molar-refractivity contribution is -0.138. The fraction of sp³-hybridized carbons (Fsp3) is 0.188. The van der Waals surface area contributed by atoms with Gasteiger partial charge in [0, 0.05) is 17.1 Å². The molecule has 0 unspecified atom stereocenters. The largest absolute Gasteiger partial charge is 0.465 e. The van der Waals surface area contributed by atoms with E-state index in [1.54, 1.807) is 24.3 Å². The second-order valence-corrected chi connectivity index (χ2v) is 5.26. The average molecular weight is 344 g/mol. The van der Waals surface area contributed by atoms with Crippen molar-refractivity contribution in [3.05, 3.63) is 63.7 Å². The molecule has 0 saturated heterocycles. The number of ether oxygens (including phenoxy) is 1. The van der Waals surface area contributed by atoms with Crippen LogP contribution in [-0.4, -0.2) is 13.1 Å². The topological polar surface area (TPSA) is 52.3 Å². The highest BCUT2D eigenvalue weighted by Crippen LogP contribution is 2.38. The van der Waals surface area contributed by atoms with Crippen LogP contribution in [0.3, 0.4) is 0 Å². The molecule has 0 saturated carbocycles. The summed E-state index contributed by atoms with van der Waals surface area (Å²) >= 11 is 6.00. The number of hydrogen-bond donors (Lipinski definition) is 1. The van der Waals surface area contributed by atoms with Crippen LogP contribution in [0.15, 0.2) is 36.4 Å². The Hall–Kier alpha value is -2.21. The van der Waals surface area contributed by atoms with Gasteiger partial charge >= 0.3 is 12.1 Å². The lowest BCUT2D eigenvalue weighted by Gasteiger charge is -2.16. The van der Waals surface area contributed by atoms with Crippen LogP contribution >= 0.6 is 11.6 Å². The van der Waals surface area contributed by atoms with Crippen molar-refractivity contribution in [3.8, 4) is 0 Å². The third kappa shape index (κ3) is 3.76. The quantitative estimate of drug-likeness (QED) is 0.667. The third-order valence-corrected chi connectivity index (χ3v) is 3.68. The number of nitrogens with two attached hydrogens (primary N) is 1. The Bertz CT molecular complexity index is 745. The molecule has 0 bridgehead atoms. The SMILES string of the molecule is COC(=O)c1cc(Cl)c(Cc2ccccc2N)c(C(F)(F)F)c1. The predicted octanol–water partition coefficient (Wildman–Crippen LogP) is 4.32. The van der Waals surface area contributed by atoms with E-state index in [4.69, 9.17) is 17.3 Å². The summed E-state index contributed by atoms with van der Waals surface area (Å²) in [5.41, 5.74) is 5.30. The molecule has 2 rings (SSSR count). The van der Waals surface area contributed by atoms with E-state index in [9.17, 15) is 18.0 Å². The fourth-order valence-corrected chi connectivity index (χ4v) is 2.48. The maximum atomic E-state index is 13.3. The van der Waals surface area contributed by atoms with Crippen molar-refractivity contribution in [2.75, 3.05) is 12.8 Å². The number of nitrogen functional groups attached to an aromatic ring is 1. The number of carbonyl (C=O) groups excluding carboxylic acids is 1. The first-order valence-corrected chi connectivity index (χ1v) is 6.93. The number of halogens is 4. The van der Waals surface area contributed by atoms with E-state index in [1.165, 1.54) is 0 Å². The standard InChI is InChI=1S/C16H13ClF3NO2/c1-23-15(22)10-7-12(16(18,19)20)11(13(17)8-10)6-9-4-2-3-5-14(9)21/h2-5,7-8H,6,21H2,1H3. The lowest BCUT2D eigenvalue weighted by atomic mass is 9.96. The Morgan fingerprint density at radius 1 is 1.26 bits per heavy atom. The minimum Gasteiger partial charge on any atom is -0.465 e. The predicted molar refractivity (Wildman–Crippen MR) is 81.5 cm³/mol. The molecular formula is C16H13ClF3NO2. The Morgan fingerprint density at radius 2 is 1.91 bits per heavy atom. The smallest absolute Gasteiger partial charge is 0.416 e. The lowest BCUT2D eigenvalue weighted by Crippen LogP contribution is -2.13. The van der Waals surface area contributed by atoms with Crippen molar-refractivity contribution >= 4 is 23.3 Å². The summed E-state index contributed by atoms with van der Waals surface area (Å²) in [4.78, 5) is 11.5. The van der Waals surface area contributed by atoms with Crippen LogP contribution in [0.4, 0.5) is 18.9 Å². The van der Waals surface area contributed by atoms with Crippen molar-refractivity contribution in [2.45, 2.75) is 12.6 Å². The molecule has 2 aromatic carbocycles. The first kappa shape index (κ1) is 17.1. The van der Waals surface area contributed by atoms with Crippen LogP contribution < -0.4 is 5.73 Å². The Kier molecular flexibility index (Phi) is 4.85. The summed E-state index contributed by atoms with van der Waals surface area (Å²) in [5.74, 6) is -0.886. The maximum Gasteiger partial charge on any atom is 0.416 e. The highest BCUT2D eigenvalue weighted by atomic mass is 35.5. The number of methoxy groups -OCH3 is 1. The molecule has 0 spiro atoms. The molecule has 0 aliphatic carbocycles. The zero-order valence-corrected chi connectivity index (χ0v) is 12.8. The van der Waals surface area contributed by atoms with E-state index >= 15 is 0 Å². The highest BCUT2D eigenvalue weighted by molar-refractivity contribution is 6.31. The van der Waals surface area contributed by atoms with Gasteiger partial charge in [0.25, 0.3) is 0 Å². The molecule has 0 radical (unpaired) electrons. The average Bonchev–Trinajstić information content (AvgIpc) is 2.49. The molecule has 2 N–H and O–H groups in total. The number of esters is 1. The number of anilines is 1. The third-order valence-electron chi connectivity index (χ3n) is 3.34. The zero-order valence-electron chi connectivity index (χ0n) is 12.1. The van der Waals surface area contributed by atoms with Gasteiger partial charge in [-0.1, -0.05) is 29.8 Å². The van der Waals surface area contributed by atoms with Gasteiger partial charge in [0.2, 0.25) is 0 Å². The van der Waals surface area contributed by atoms with Gasteiger partial charge in [-0.15, -0.1) is 0 Å². The van der Waals surface area contributed by atoms with Gasteiger partial charge in [-0.05, 0) is 29.3 Å². The normalized spacial score (nSPS) is 11.3. The number of carbonyl (C=O) groups is 1. The molecule has 0 aromatic heterocycles. The van der Waals surface area contributed by atoms with Crippen molar-refractivity contribution in [1.82, 2.24) is 0 Å². The molecule has 23 heavy (non-hydrogen) atoms. The number of hydrogen-bond acceptors (Lipinski definition) is 3. The van der Waals surface area contributed by atoms with E-state index in [0.29, 0.717) is 11.3 Å². The van der Waals surface area contributed by atoms with Gasteiger partial charge in [0.1, 0.15) is 0 Å². The first-order chi connectivity index (χ1) is 10.7. The maximum absolute atomic E-state index is 13.3. The zero-order chi connectivity index (χ0) is 17.2. The Labute approximate surface area is 135 Å². The molecule has 2 aromatic rings. The summed E-state index contributed by atoms with van der Waals surface area (Å²) in [7, 11) is 1.09. The van der Waals surface area contributed by atoms with Crippen LogP contribution in [0, 0.1) is 0 Å². The van der Waals surface area contributed by atoms with E-state index in [0.717, 1.165) is 19.2 Å². The second kappa shape index (κ2) is 6.50. The number of para-hydroxylation sites is 1. The first-order valence-electron chi connectivity index (χ1n) is 6.55. The van der Waals surface area contributed by atoms with Crippen LogP contribution in [0.2, 0.25) is 5.02 Å². The van der Waals surface area contributed by atoms with Crippen molar-refractivity contribution < 1.29 is 22.7 Å². The second-order valence-electron chi connectivity index (χ2n) is 4.85. The molecular weight excluding hydrogens is 331 g/mol. The molecule has 0 aliphatic rings. The van der Waals surface area contributed by atoms with Crippen molar-refractivity contribution in [1.29, 1.82) is 0 Å².